The average Bonchev–Trinajstić information content (AvgIpc) is 4.38. The normalized spacial score (nSPS) is 14.5. The first-order chi connectivity index (χ1) is 39.1. The zero-order valence-electron chi connectivity index (χ0n) is 48.2. The van der Waals surface area contributed by atoms with Gasteiger partial charge in [-0.2, -0.15) is 17.7 Å². The number of furan rings is 1. The van der Waals surface area contributed by atoms with Gasteiger partial charge < -0.3 is 23.9 Å². The second-order valence-corrected chi connectivity index (χ2v) is 23.4. The van der Waals surface area contributed by atoms with Crippen molar-refractivity contribution < 1.29 is 33.6 Å². The molecule has 4 heterocycles. The molecular formula is C73H67FIrN5O2. The third-order valence-corrected chi connectivity index (χ3v) is 15.7. The van der Waals surface area contributed by atoms with E-state index in [2.05, 4.69) is 224 Å². The first kappa shape index (κ1) is 55.8. The number of hydrogen-bond donors (Lipinski definition) is 0. The number of ether oxygens (including phenoxy) is 1. The van der Waals surface area contributed by atoms with E-state index in [0.29, 0.717) is 24.3 Å². The van der Waals surface area contributed by atoms with Gasteiger partial charge in [0.25, 0.3) is 0 Å². The number of aromatic nitrogens is 2. The molecule has 2 aromatic heterocycles. The van der Waals surface area contributed by atoms with E-state index in [1.54, 1.807) is 6.07 Å². The minimum absolute atomic E-state index is 0. The molecule has 0 N–H and O–H groups in total. The van der Waals surface area contributed by atoms with Crippen LogP contribution in [0.5, 0.6) is 0 Å². The Kier molecular flexibility index (Phi) is 15.4. The van der Waals surface area contributed by atoms with Gasteiger partial charge in [-0.05, 0) is 131 Å². The van der Waals surface area contributed by atoms with Crippen LogP contribution in [0.25, 0.3) is 77.6 Å². The maximum absolute atomic E-state index is 13.5. The summed E-state index contributed by atoms with van der Waals surface area (Å²) in [5.41, 5.74) is 20.3. The van der Waals surface area contributed by atoms with Gasteiger partial charge in [-0.1, -0.05) is 176 Å². The topological polar surface area (TPSA) is 69.9 Å². The first-order valence-electron chi connectivity index (χ1n) is 28.4. The second kappa shape index (κ2) is 22.7. The van der Waals surface area contributed by atoms with Gasteiger partial charge in [0.15, 0.2) is 0 Å². The number of benzene rings is 9. The van der Waals surface area contributed by atoms with Crippen LogP contribution in [0.2, 0.25) is 0 Å². The van der Waals surface area contributed by atoms with Crippen LogP contribution < -0.4 is 4.90 Å². The van der Waals surface area contributed by atoms with Gasteiger partial charge in [0.05, 0.1) is 28.0 Å². The van der Waals surface area contributed by atoms with Gasteiger partial charge in [0, 0.05) is 33.8 Å². The molecule has 11 aromatic rings. The third kappa shape index (κ3) is 10.5. The standard InChI is InChI=1S/C48H42N3O2.C25H25FN2.Ir/c1-29(2)39-25-35(33-21-19-32(20-22-33)31-13-8-7-9-14-31)26-40(30(3)4)44(39)51-42-18-11-10-17-41(42)49-46(51)38-16-12-15-37-36-24-23-34(27-43(36)53-45(37)38)47-50-48(5,6)28-52-47;1-16(2)20-8-7-9-21(17(3)4)24(20)28-23-11-6-5-10-22(23)27-25(28)18-12-14-19(26)15-13-18;/h7-15,17-27,29-30H,28H2,1-6H3;5-12,14-17,25H,1-4H3;/q-1;-2;+3. The Morgan fingerprint density at radius 2 is 1.22 bits per heavy atom. The summed E-state index contributed by atoms with van der Waals surface area (Å²) < 4.78 is 28.6. The molecule has 1 atom stereocenters. The molecule has 0 spiro atoms. The molecule has 2 aliphatic rings. The number of nitrogens with zero attached hydrogens (tertiary/aromatic N) is 5. The molecule has 0 fully saturated rings. The molecule has 1 unspecified atom stereocenters. The van der Waals surface area contributed by atoms with Gasteiger partial charge in [0.2, 0.25) is 5.90 Å². The molecular weight excluding hydrogens is 1190 g/mol. The van der Waals surface area contributed by atoms with Crippen molar-refractivity contribution in [2.24, 2.45) is 4.99 Å². The molecule has 82 heavy (non-hydrogen) atoms. The van der Waals surface area contributed by atoms with Gasteiger partial charge in [-0.3, -0.25) is 9.37 Å². The van der Waals surface area contributed by atoms with Crippen molar-refractivity contribution in [2.45, 2.75) is 105 Å². The van der Waals surface area contributed by atoms with E-state index in [9.17, 15) is 4.39 Å². The molecule has 0 saturated heterocycles. The van der Waals surface area contributed by atoms with E-state index >= 15 is 0 Å². The summed E-state index contributed by atoms with van der Waals surface area (Å²) in [6.45, 7) is 22.8. The van der Waals surface area contributed by atoms with Gasteiger partial charge in [0.1, 0.15) is 12.2 Å². The van der Waals surface area contributed by atoms with Crippen molar-refractivity contribution in [1.29, 1.82) is 0 Å². The fraction of sp³-hybridized carbons (Fsp3) is 0.233. The maximum Gasteiger partial charge on any atom is 3.00 e. The van der Waals surface area contributed by atoms with Gasteiger partial charge in [-0.15, -0.1) is 36.0 Å². The summed E-state index contributed by atoms with van der Waals surface area (Å²) in [5, 5.41) is 7.04. The van der Waals surface area contributed by atoms with E-state index in [4.69, 9.17) is 24.4 Å². The van der Waals surface area contributed by atoms with Crippen LogP contribution in [0.4, 0.5) is 21.5 Å². The second-order valence-electron chi connectivity index (χ2n) is 23.4. The average molecular weight is 1260 g/mol. The summed E-state index contributed by atoms with van der Waals surface area (Å²) in [7, 11) is 0. The van der Waals surface area contributed by atoms with Crippen molar-refractivity contribution in [3.63, 3.8) is 0 Å². The Hall–Kier alpha value is -8.10. The van der Waals surface area contributed by atoms with E-state index in [1.165, 1.54) is 68.0 Å². The molecule has 412 valence electrons. The number of imidazole rings is 1. The first-order valence-corrected chi connectivity index (χ1v) is 28.4. The quantitative estimate of drug-likeness (QED) is 0.121. The Labute approximate surface area is 495 Å². The minimum atomic E-state index is -0.281. The summed E-state index contributed by atoms with van der Waals surface area (Å²) >= 11 is 0. The number of rotatable bonds is 11. The number of hydrogen-bond acceptors (Lipinski definition) is 5. The minimum Gasteiger partial charge on any atom is -0.661 e. The fourth-order valence-electron chi connectivity index (χ4n) is 11.6. The Bertz CT molecular complexity index is 4100. The van der Waals surface area contributed by atoms with E-state index in [0.717, 1.165) is 66.9 Å². The molecule has 0 saturated carbocycles. The smallest absolute Gasteiger partial charge is 0.661 e. The van der Waals surface area contributed by atoms with Crippen molar-refractivity contribution in [2.75, 3.05) is 11.5 Å². The van der Waals surface area contributed by atoms with Crippen LogP contribution in [0.1, 0.15) is 132 Å². The van der Waals surface area contributed by atoms with Crippen molar-refractivity contribution >= 4 is 55.9 Å². The number of fused-ring (bicyclic) bond motifs is 5. The zero-order valence-corrected chi connectivity index (χ0v) is 50.6. The Morgan fingerprint density at radius 3 is 1.87 bits per heavy atom. The van der Waals surface area contributed by atoms with Crippen molar-refractivity contribution in [3.05, 3.63) is 239 Å². The molecule has 2 aliphatic heterocycles. The largest absolute Gasteiger partial charge is 3.00 e. The molecule has 7 nitrogen and oxygen atoms in total. The number of halogens is 1. The van der Waals surface area contributed by atoms with E-state index in [1.807, 2.05) is 30.3 Å². The van der Waals surface area contributed by atoms with Crippen LogP contribution in [0.15, 0.2) is 191 Å². The molecule has 0 bridgehead atoms. The van der Waals surface area contributed by atoms with Crippen LogP contribution in [0, 0.1) is 17.9 Å². The zero-order chi connectivity index (χ0) is 56.3. The van der Waals surface area contributed by atoms with E-state index in [-0.39, 0.29) is 49.5 Å². The monoisotopic (exact) mass is 1260 g/mol. The fourth-order valence-corrected chi connectivity index (χ4v) is 11.6. The number of para-hydroxylation sites is 5. The molecule has 0 radical (unpaired) electrons. The van der Waals surface area contributed by atoms with Crippen LogP contribution in [-0.4, -0.2) is 27.6 Å². The van der Waals surface area contributed by atoms with E-state index < -0.39 is 0 Å². The molecule has 0 amide bonds. The van der Waals surface area contributed by atoms with Crippen LogP contribution >= 0.6 is 0 Å². The predicted octanol–water partition coefficient (Wildman–Crippen LogP) is 20.3. The molecule has 9 aromatic carbocycles. The summed E-state index contributed by atoms with van der Waals surface area (Å²) in [5.74, 6) is 2.43. The Balaban J connectivity index is 0.000000205. The summed E-state index contributed by atoms with van der Waals surface area (Å²) in [4.78, 5) is 12.4. The SMILES string of the molecule is CC(C)c1cc(-c2ccc(-c3ccccc3)cc2)cc(C(C)C)c1-n1c(-c2[c-]ccc3c2oc2cc(C4=NC(C)(C)CO4)ccc23)nc2ccccc21.CC(C)c1cccc(C(C)C)c1N1c2ccccc2[N-]C1c1[c-]cc(F)cc1.[Ir+3]. The maximum atomic E-state index is 13.5. The third-order valence-electron chi connectivity index (χ3n) is 15.7. The van der Waals surface area contributed by atoms with Crippen LogP contribution in [0.3, 0.4) is 0 Å². The van der Waals surface area contributed by atoms with Gasteiger partial charge >= 0.3 is 20.1 Å². The molecule has 9 heteroatoms. The van der Waals surface area contributed by atoms with Crippen LogP contribution in [-0.2, 0) is 24.8 Å². The number of anilines is 2. The summed E-state index contributed by atoms with van der Waals surface area (Å²) in [6.07, 6.45) is -0.254. The molecule has 0 aliphatic carbocycles. The van der Waals surface area contributed by atoms with Gasteiger partial charge in [-0.25, -0.2) is 4.99 Å². The number of aliphatic imine (C=N–C) groups is 1. The Morgan fingerprint density at radius 1 is 0.598 bits per heavy atom. The van der Waals surface area contributed by atoms with Crippen molar-refractivity contribution in [3.8, 4) is 39.3 Å². The van der Waals surface area contributed by atoms with Crippen molar-refractivity contribution in [1.82, 2.24) is 9.55 Å². The molecule has 13 rings (SSSR count). The predicted molar refractivity (Wildman–Crippen MR) is 332 cm³/mol. The summed E-state index contributed by atoms with van der Waals surface area (Å²) in [6, 6.07) is 69.1.